The van der Waals surface area contributed by atoms with Crippen LogP contribution in [0.2, 0.25) is 5.02 Å². The highest BCUT2D eigenvalue weighted by Crippen LogP contribution is 2.43. The van der Waals surface area contributed by atoms with Gasteiger partial charge in [-0.3, -0.25) is 4.79 Å². The molecular weight excluding hydrogens is 516 g/mol. The molecule has 1 atom stereocenters. The van der Waals surface area contributed by atoms with Crippen molar-refractivity contribution in [2.75, 3.05) is 32.0 Å². The Hall–Kier alpha value is -4.43. The van der Waals surface area contributed by atoms with Gasteiger partial charge in [0.15, 0.2) is 11.5 Å². The van der Waals surface area contributed by atoms with E-state index in [-0.39, 0.29) is 11.9 Å². The molecule has 0 unspecified atom stereocenters. The molecule has 0 saturated heterocycles. The molecule has 0 aliphatic carbocycles. The number of hydrogen-bond donors (Lipinski definition) is 2. The highest BCUT2D eigenvalue weighted by molar-refractivity contribution is 6.30. The zero-order valence-electron chi connectivity index (χ0n) is 22.3. The molecule has 0 radical (unpaired) electrons. The summed E-state index contributed by atoms with van der Waals surface area (Å²) in [6, 6.07) is 16.8. The lowest BCUT2D eigenvalue weighted by molar-refractivity contribution is 0.102. The first-order valence-electron chi connectivity index (χ1n) is 12.3. The molecule has 5 rings (SSSR count). The van der Waals surface area contributed by atoms with E-state index in [9.17, 15) is 4.79 Å². The summed E-state index contributed by atoms with van der Waals surface area (Å²) in [6.45, 7) is 3.99. The number of methoxy groups -OCH3 is 3. The van der Waals surface area contributed by atoms with Crippen LogP contribution in [0.1, 0.15) is 38.7 Å². The molecule has 39 heavy (non-hydrogen) atoms. The Labute approximate surface area is 232 Å². The molecule has 4 aromatic rings. The first-order chi connectivity index (χ1) is 18.8. The highest BCUT2D eigenvalue weighted by Gasteiger charge is 2.29. The molecule has 1 aliphatic heterocycles. The number of carbonyl (C=O) groups is 1. The summed E-state index contributed by atoms with van der Waals surface area (Å²) in [5, 5.41) is 11.7. The standard InChI is InChI=1S/C30H29ClN4O4/c1-17-6-11-23(18(2)12-17)34-30(36)22-16-32-35-25(20-13-26(37-3)28(39-5)27(14-20)38-4)15-24(33-29(22)35)19-7-9-21(31)10-8-19/h6-16,25,33H,1-5H3,(H,34,36)/t25-/m1/s1. The smallest absolute Gasteiger partial charge is 0.261 e. The molecule has 2 heterocycles. The Morgan fingerprint density at radius 1 is 0.974 bits per heavy atom. The topological polar surface area (TPSA) is 86.6 Å². The molecule has 1 aromatic heterocycles. The van der Waals surface area contributed by atoms with E-state index in [1.165, 1.54) is 0 Å². The normalized spacial score (nSPS) is 14.1. The first-order valence-corrected chi connectivity index (χ1v) is 12.7. The lowest BCUT2D eigenvalue weighted by atomic mass is 10.00. The number of anilines is 2. The number of amides is 1. The van der Waals surface area contributed by atoms with Crippen LogP contribution in [-0.2, 0) is 0 Å². The van der Waals surface area contributed by atoms with Gasteiger partial charge in [0.1, 0.15) is 11.4 Å². The largest absolute Gasteiger partial charge is 0.493 e. The third-order valence-corrected chi connectivity index (χ3v) is 6.95. The van der Waals surface area contributed by atoms with Crippen molar-refractivity contribution in [1.29, 1.82) is 0 Å². The van der Waals surface area contributed by atoms with Crippen LogP contribution in [0.25, 0.3) is 5.70 Å². The number of aryl methyl sites for hydroxylation is 2. The Morgan fingerprint density at radius 2 is 1.67 bits per heavy atom. The first kappa shape index (κ1) is 26.2. The van der Waals surface area contributed by atoms with Crippen LogP contribution in [-0.4, -0.2) is 37.0 Å². The highest BCUT2D eigenvalue weighted by atomic mass is 35.5. The zero-order valence-corrected chi connectivity index (χ0v) is 23.1. The van der Waals surface area contributed by atoms with Gasteiger partial charge in [-0.05, 0) is 66.9 Å². The Kier molecular flexibility index (Phi) is 7.21. The second-order valence-electron chi connectivity index (χ2n) is 9.24. The summed E-state index contributed by atoms with van der Waals surface area (Å²) in [4.78, 5) is 13.5. The number of fused-ring (bicyclic) bond motifs is 1. The minimum atomic E-state index is -0.386. The van der Waals surface area contributed by atoms with Crippen LogP contribution in [0.4, 0.5) is 11.5 Å². The van der Waals surface area contributed by atoms with Crippen molar-refractivity contribution in [3.8, 4) is 17.2 Å². The van der Waals surface area contributed by atoms with E-state index in [0.717, 1.165) is 33.6 Å². The van der Waals surface area contributed by atoms with Gasteiger partial charge in [-0.2, -0.15) is 5.10 Å². The van der Waals surface area contributed by atoms with Gasteiger partial charge in [-0.1, -0.05) is 41.4 Å². The molecule has 0 saturated carbocycles. The van der Waals surface area contributed by atoms with Crippen LogP contribution in [0.15, 0.2) is 66.9 Å². The van der Waals surface area contributed by atoms with E-state index < -0.39 is 0 Å². The van der Waals surface area contributed by atoms with E-state index in [2.05, 4.69) is 15.7 Å². The van der Waals surface area contributed by atoms with E-state index in [4.69, 9.17) is 25.8 Å². The predicted octanol–water partition coefficient (Wildman–Crippen LogP) is 6.49. The van der Waals surface area contributed by atoms with Gasteiger partial charge in [0.25, 0.3) is 5.91 Å². The summed E-state index contributed by atoms with van der Waals surface area (Å²) in [7, 11) is 4.72. The molecule has 0 spiro atoms. The van der Waals surface area contributed by atoms with E-state index >= 15 is 0 Å². The molecule has 3 aromatic carbocycles. The number of ether oxygens (including phenoxy) is 3. The fourth-order valence-corrected chi connectivity index (χ4v) is 4.84. The summed E-state index contributed by atoms with van der Waals surface area (Å²) >= 11 is 6.15. The minimum Gasteiger partial charge on any atom is -0.493 e. The zero-order chi connectivity index (χ0) is 27.7. The molecule has 8 nitrogen and oxygen atoms in total. The fraction of sp³-hybridized carbons (Fsp3) is 0.200. The molecule has 1 aliphatic rings. The minimum absolute atomic E-state index is 0.267. The number of hydrogen-bond acceptors (Lipinski definition) is 6. The van der Waals surface area contributed by atoms with Gasteiger partial charge < -0.3 is 24.8 Å². The van der Waals surface area contributed by atoms with Crippen molar-refractivity contribution in [1.82, 2.24) is 9.78 Å². The monoisotopic (exact) mass is 544 g/mol. The number of benzene rings is 3. The molecule has 9 heteroatoms. The number of nitrogens with zero attached hydrogens (tertiary/aromatic N) is 2. The maximum Gasteiger partial charge on any atom is 0.261 e. The van der Waals surface area contributed by atoms with Gasteiger partial charge >= 0.3 is 0 Å². The number of aromatic nitrogens is 2. The molecular formula is C30H29ClN4O4. The van der Waals surface area contributed by atoms with Crippen molar-refractivity contribution in [2.45, 2.75) is 19.9 Å². The van der Waals surface area contributed by atoms with Crippen LogP contribution >= 0.6 is 11.6 Å². The van der Waals surface area contributed by atoms with Gasteiger partial charge in [-0.15, -0.1) is 0 Å². The Bertz CT molecular complexity index is 1550. The maximum atomic E-state index is 13.5. The van der Waals surface area contributed by atoms with E-state index in [1.54, 1.807) is 32.2 Å². The maximum absolute atomic E-state index is 13.5. The van der Waals surface area contributed by atoms with Gasteiger partial charge in [0.2, 0.25) is 5.75 Å². The van der Waals surface area contributed by atoms with Crippen LogP contribution in [0, 0.1) is 13.8 Å². The lowest BCUT2D eigenvalue weighted by Gasteiger charge is -2.27. The number of allylic oxidation sites excluding steroid dienone is 1. The average molecular weight is 545 g/mol. The fourth-order valence-electron chi connectivity index (χ4n) is 4.71. The summed E-state index contributed by atoms with van der Waals surface area (Å²) in [5.41, 5.74) is 5.81. The van der Waals surface area contributed by atoms with Crippen LogP contribution in [0.5, 0.6) is 17.2 Å². The number of rotatable bonds is 7. The van der Waals surface area contributed by atoms with Gasteiger partial charge in [-0.25, -0.2) is 4.68 Å². The predicted molar refractivity (Wildman–Crippen MR) is 153 cm³/mol. The van der Waals surface area contributed by atoms with Crippen molar-refractivity contribution in [3.05, 3.63) is 99.7 Å². The Balaban J connectivity index is 1.61. The lowest BCUT2D eigenvalue weighted by Crippen LogP contribution is -2.22. The quantitative estimate of drug-likeness (QED) is 0.277. The van der Waals surface area contributed by atoms with Gasteiger partial charge in [0.05, 0.1) is 33.6 Å². The third-order valence-electron chi connectivity index (χ3n) is 6.70. The number of carbonyl (C=O) groups excluding carboxylic acids is 1. The second kappa shape index (κ2) is 10.7. The second-order valence-corrected chi connectivity index (χ2v) is 9.68. The summed E-state index contributed by atoms with van der Waals surface area (Å²) < 4.78 is 18.5. The summed E-state index contributed by atoms with van der Waals surface area (Å²) in [5.74, 6) is 1.83. The van der Waals surface area contributed by atoms with E-state index in [0.29, 0.717) is 33.7 Å². The van der Waals surface area contributed by atoms with E-state index in [1.807, 2.05) is 74.5 Å². The SMILES string of the molecule is COc1cc([C@H]2C=C(c3ccc(Cl)cc3)Nc3c(C(=O)Nc4ccc(C)cc4C)cnn32)cc(OC)c1OC. The van der Waals surface area contributed by atoms with Crippen molar-refractivity contribution >= 4 is 34.7 Å². The molecule has 1 amide bonds. The van der Waals surface area contributed by atoms with Crippen molar-refractivity contribution in [2.24, 2.45) is 0 Å². The number of halogens is 1. The average Bonchev–Trinajstić information content (AvgIpc) is 3.37. The third kappa shape index (κ3) is 5.03. The molecule has 2 N–H and O–H groups in total. The summed E-state index contributed by atoms with van der Waals surface area (Å²) in [6.07, 6.45) is 3.61. The van der Waals surface area contributed by atoms with Crippen LogP contribution in [0.3, 0.4) is 0 Å². The molecule has 200 valence electrons. The van der Waals surface area contributed by atoms with Crippen molar-refractivity contribution in [3.63, 3.8) is 0 Å². The molecule has 0 bridgehead atoms. The number of nitrogens with one attached hydrogen (secondary N) is 2. The van der Waals surface area contributed by atoms with Crippen LogP contribution < -0.4 is 24.8 Å². The van der Waals surface area contributed by atoms with Gasteiger partial charge in [0, 0.05) is 16.4 Å². The van der Waals surface area contributed by atoms with Crippen molar-refractivity contribution < 1.29 is 19.0 Å². The molecule has 0 fully saturated rings. The Morgan fingerprint density at radius 3 is 2.28 bits per heavy atom.